The third-order valence-corrected chi connectivity index (χ3v) is 0.673. The molecule has 0 radical (unpaired) electrons. The molecular weight excluding hydrogens is 124 g/mol. The summed E-state index contributed by atoms with van der Waals surface area (Å²) in [5.41, 5.74) is 0. The van der Waals surface area contributed by atoms with Crippen LogP contribution in [-0.2, 0) is 0 Å². The number of carbonyl (C=O) groups is 1. The Morgan fingerprint density at radius 2 is 2.67 bits per heavy atom. The Balaban J connectivity index is 2.58. The number of hydrogen-bond donors (Lipinski definition) is 2. The molecule has 0 saturated carbocycles. The van der Waals surface area contributed by atoms with Gasteiger partial charge in [-0.25, -0.2) is 4.79 Å². The fraction of sp³-hybridized carbons (Fsp3) is 0. The SMILES string of the molecule is O=C(O)Nc1ccon1. The Morgan fingerprint density at radius 3 is 3.11 bits per heavy atom. The number of amides is 1. The van der Waals surface area contributed by atoms with E-state index >= 15 is 0 Å². The predicted molar refractivity (Wildman–Crippen MR) is 28.2 cm³/mol. The third kappa shape index (κ3) is 1.45. The summed E-state index contributed by atoms with van der Waals surface area (Å²) >= 11 is 0. The summed E-state index contributed by atoms with van der Waals surface area (Å²) in [7, 11) is 0. The lowest BCUT2D eigenvalue weighted by Crippen LogP contribution is -2.06. The van der Waals surface area contributed by atoms with Crippen molar-refractivity contribution in [3.63, 3.8) is 0 Å². The van der Waals surface area contributed by atoms with E-state index in [0.717, 1.165) is 0 Å². The Morgan fingerprint density at radius 1 is 1.89 bits per heavy atom. The van der Waals surface area contributed by atoms with Crippen LogP contribution in [0.5, 0.6) is 0 Å². The van der Waals surface area contributed by atoms with Crippen LogP contribution >= 0.6 is 0 Å². The first-order valence-corrected chi connectivity index (χ1v) is 2.19. The summed E-state index contributed by atoms with van der Waals surface area (Å²) in [6.45, 7) is 0. The Bertz CT molecular complexity index is 194. The maximum absolute atomic E-state index is 9.87. The number of aromatic nitrogens is 1. The van der Waals surface area contributed by atoms with Crippen molar-refractivity contribution in [3.05, 3.63) is 12.3 Å². The molecule has 1 heterocycles. The maximum Gasteiger partial charge on any atom is 0.410 e. The Kier molecular flexibility index (Phi) is 1.35. The fourth-order valence-corrected chi connectivity index (χ4v) is 0.387. The fourth-order valence-electron chi connectivity index (χ4n) is 0.387. The normalized spacial score (nSPS) is 8.89. The second-order valence-electron chi connectivity index (χ2n) is 1.31. The van der Waals surface area contributed by atoms with Gasteiger partial charge >= 0.3 is 6.09 Å². The van der Waals surface area contributed by atoms with Gasteiger partial charge in [0.25, 0.3) is 0 Å². The minimum Gasteiger partial charge on any atom is -0.465 e. The zero-order chi connectivity index (χ0) is 6.69. The van der Waals surface area contributed by atoms with E-state index in [9.17, 15) is 4.79 Å². The van der Waals surface area contributed by atoms with Crippen LogP contribution < -0.4 is 5.32 Å². The smallest absolute Gasteiger partial charge is 0.410 e. The lowest BCUT2D eigenvalue weighted by molar-refractivity contribution is 0.209. The Hall–Kier alpha value is -1.52. The van der Waals surface area contributed by atoms with Crippen LogP contribution in [0.4, 0.5) is 10.6 Å². The summed E-state index contributed by atoms with van der Waals surface area (Å²) in [4.78, 5) is 9.87. The van der Waals surface area contributed by atoms with Crippen LogP contribution in [0.25, 0.3) is 0 Å². The first-order chi connectivity index (χ1) is 4.29. The molecule has 0 aromatic carbocycles. The van der Waals surface area contributed by atoms with Crippen LogP contribution in [0, 0.1) is 0 Å². The summed E-state index contributed by atoms with van der Waals surface area (Å²) in [5, 5.41) is 13.4. The summed E-state index contributed by atoms with van der Waals surface area (Å²) < 4.78 is 4.34. The highest BCUT2D eigenvalue weighted by atomic mass is 16.5. The van der Waals surface area contributed by atoms with Crippen molar-refractivity contribution in [1.29, 1.82) is 0 Å². The molecule has 2 N–H and O–H groups in total. The van der Waals surface area contributed by atoms with Crippen LogP contribution in [0.2, 0.25) is 0 Å². The number of nitrogens with one attached hydrogen (secondary N) is 1. The van der Waals surface area contributed by atoms with Gasteiger partial charge in [0.05, 0.1) is 0 Å². The summed E-state index contributed by atoms with van der Waals surface area (Å²) in [5.74, 6) is 0.197. The molecule has 0 aliphatic heterocycles. The zero-order valence-electron chi connectivity index (χ0n) is 4.37. The highest BCUT2D eigenvalue weighted by Crippen LogP contribution is 1.99. The van der Waals surface area contributed by atoms with Crippen molar-refractivity contribution in [2.75, 3.05) is 5.32 Å². The van der Waals surface area contributed by atoms with Gasteiger partial charge in [-0.15, -0.1) is 0 Å². The molecule has 9 heavy (non-hydrogen) atoms. The molecule has 0 bridgehead atoms. The van der Waals surface area contributed by atoms with E-state index in [2.05, 4.69) is 9.68 Å². The van der Waals surface area contributed by atoms with E-state index in [1.54, 1.807) is 0 Å². The van der Waals surface area contributed by atoms with Gasteiger partial charge in [-0.3, -0.25) is 5.32 Å². The largest absolute Gasteiger partial charge is 0.465 e. The number of hydrogen-bond acceptors (Lipinski definition) is 3. The van der Waals surface area contributed by atoms with E-state index in [4.69, 9.17) is 5.11 Å². The second kappa shape index (κ2) is 2.17. The van der Waals surface area contributed by atoms with Crippen molar-refractivity contribution in [1.82, 2.24) is 5.16 Å². The third-order valence-electron chi connectivity index (χ3n) is 0.673. The lowest BCUT2D eigenvalue weighted by atomic mass is 10.6. The van der Waals surface area contributed by atoms with E-state index < -0.39 is 6.09 Å². The van der Waals surface area contributed by atoms with Crippen molar-refractivity contribution < 1.29 is 14.4 Å². The minimum absolute atomic E-state index is 0.197. The Labute approximate surface area is 50.3 Å². The van der Waals surface area contributed by atoms with Gasteiger partial charge in [0, 0.05) is 6.07 Å². The van der Waals surface area contributed by atoms with Gasteiger partial charge in [-0.2, -0.15) is 0 Å². The van der Waals surface area contributed by atoms with Crippen LogP contribution in [0.15, 0.2) is 16.9 Å². The highest BCUT2D eigenvalue weighted by molar-refractivity contribution is 5.81. The second-order valence-corrected chi connectivity index (χ2v) is 1.31. The molecule has 1 aromatic rings. The van der Waals surface area contributed by atoms with Gasteiger partial charge < -0.3 is 9.63 Å². The number of carboxylic acid groups (broad SMARTS) is 1. The van der Waals surface area contributed by atoms with Gasteiger partial charge in [0.1, 0.15) is 6.26 Å². The van der Waals surface area contributed by atoms with Gasteiger partial charge in [0.15, 0.2) is 5.82 Å². The molecule has 0 unspecified atom stereocenters. The maximum atomic E-state index is 9.87. The molecule has 0 saturated heterocycles. The molecule has 0 aliphatic rings. The van der Waals surface area contributed by atoms with Crippen molar-refractivity contribution in [2.45, 2.75) is 0 Å². The van der Waals surface area contributed by atoms with Crippen molar-refractivity contribution in [3.8, 4) is 0 Å². The molecule has 1 amide bonds. The van der Waals surface area contributed by atoms with Crippen LogP contribution in [-0.4, -0.2) is 16.4 Å². The molecule has 0 atom stereocenters. The highest BCUT2D eigenvalue weighted by Gasteiger charge is 1.97. The summed E-state index contributed by atoms with van der Waals surface area (Å²) in [6, 6.07) is 1.41. The van der Waals surface area contributed by atoms with E-state index in [-0.39, 0.29) is 5.82 Å². The van der Waals surface area contributed by atoms with Gasteiger partial charge in [-0.05, 0) is 0 Å². The molecule has 0 spiro atoms. The quantitative estimate of drug-likeness (QED) is 0.585. The van der Waals surface area contributed by atoms with Crippen LogP contribution in [0.1, 0.15) is 0 Å². The molecular formula is C4H4N2O3. The molecule has 1 rings (SSSR count). The monoisotopic (exact) mass is 128 g/mol. The molecule has 0 aliphatic carbocycles. The number of nitrogens with zero attached hydrogens (tertiary/aromatic N) is 1. The van der Waals surface area contributed by atoms with Crippen molar-refractivity contribution >= 4 is 11.9 Å². The first kappa shape index (κ1) is 5.61. The molecule has 48 valence electrons. The molecule has 5 heteroatoms. The van der Waals surface area contributed by atoms with Gasteiger partial charge in [0.2, 0.25) is 0 Å². The minimum atomic E-state index is -1.15. The average molecular weight is 128 g/mol. The standard InChI is InChI=1S/C4H4N2O3/c7-4(8)5-3-1-2-9-6-3/h1-2H,(H,5,6)(H,7,8). The first-order valence-electron chi connectivity index (χ1n) is 2.19. The number of anilines is 1. The van der Waals surface area contributed by atoms with E-state index in [1.807, 2.05) is 5.32 Å². The molecule has 5 nitrogen and oxygen atoms in total. The van der Waals surface area contributed by atoms with E-state index in [0.29, 0.717) is 0 Å². The predicted octanol–water partition coefficient (Wildman–Crippen LogP) is 0.764. The molecule has 1 aromatic heterocycles. The number of rotatable bonds is 1. The van der Waals surface area contributed by atoms with Gasteiger partial charge in [-0.1, -0.05) is 5.16 Å². The van der Waals surface area contributed by atoms with Crippen molar-refractivity contribution in [2.24, 2.45) is 0 Å². The molecule has 0 fully saturated rings. The average Bonchev–Trinajstić information content (AvgIpc) is 2.15. The van der Waals surface area contributed by atoms with E-state index in [1.165, 1.54) is 12.3 Å². The zero-order valence-corrected chi connectivity index (χ0v) is 4.37. The lowest BCUT2D eigenvalue weighted by Gasteiger charge is -1.88. The topological polar surface area (TPSA) is 75.4 Å². The van der Waals surface area contributed by atoms with Crippen LogP contribution in [0.3, 0.4) is 0 Å². The summed E-state index contributed by atoms with van der Waals surface area (Å²) in [6.07, 6.45) is 0.134.